The molecule has 0 unspecified atom stereocenters. The molecule has 0 saturated heterocycles. The third kappa shape index (κ3) is 6.97. The van der Waals surface area contributed by atoms with Crippen LogP contribution in [-0.2, 0) is 14.0 Å². The van der Waals surface area contributed by atoms with Crippen molar-refractivity contribution in [3.8, 4) is 0 Å². The first-order chi connectivity index (χ1) is 12.0. The highest BCUT2D eigenvalue weighted by atomic mass is 28.4. The van der Waals surface area contributed by atoms with E-state index in [1.807, 2.05) is 0 Å². The SMILES string of the molecule is COC(=O)CCCCCC[C@@H]1[C@@H](CO[Si](C)(C)C(C)(C)C)[C@@H](O)C[C@@H]1C. The maximum atomic E-state index is 11.1. The summed E-state index contributed by atoms with van der Waals surface area (Å²) >= 11 is 0. The van der Waals surface area contributed by atoms with E-state index in [9.17, 15) is 9.90 Å². The molecule has 0 heterocycles. The topological polar surface area (TPSA) is 55.8 Å². The number of hydrogen-bond donors (Lipinski definition) is 1. The maximum absolute atomic E-state index is 11.1. The molecule has 0 aliphatic heterocycles. The van der Waals surface area contributed by atoms with Crippen molar-refractivity contribution in [3.05, 3.63) is 0 Å². The minimum Gasteiger partial charge on any atom is -0.469 e. The molecular weight excluding hydrogens is 344 g/mol. The van der Waals surface area contributed by atoms with E-state index in [0.717, 1.165) is 32.1 Å². The Kier molecular flexibility index (Phi) is 9.31. The van der Waals surface area contributed by atoms with Gasteiger partial charge in [-0.05, 0) is 49.2 Å². The van der Waals surface area contributed by atoms with Crippen LogP contribution in [0.1, 0.15) is 72.6 Å². The third-order valence-electron chi connectivity index (χ3n) is 6.73. The van der Waals surface area contributed by atoms with Gasteiger partial charge in [0.1, 0.15) is 0 Å². The molecule has 0 spiro atoms. The van der Waals surface area contributed by atoms with Crippen molar-refractivity contribution in [1.82, 2.24) is 0 Å². The lowest BCUT2D eigenvalue weighted by Gasteiger charge is -2.38. The summed E-state index contributed by atoms with van der Waals surface area (Å²) in [5.74, 6) is 1.28. The highest BCUT2D eigenvalue weighted by molar-refractivity contribution is 6.74. The number of aliphatic hydroxyl groups is 1. The van der Waals surface area contributed by atoms with Crippen molar-refractivity contribution in [2.75, 3.05) is 13.7 Å². The molecule has 0 aromatic heterocycles. The van der Waals surface area contributed by atoms with Crippen LogP contribution in [0.3, 0.4) is 0 Å². The van der Waals surface area contributed by atoms with Crippen LogP contribution in [0.2, 0.25) is 18.1 Å². The predicted octanol–water partition coefficient (Wildman–Crippen LogP) is 5.15. The fraction of sp³-hybridized carbons (Fsp3) is 0.952. The van der Waals surface area contributed by atoms with E-state index in [1.165, 1.54) is 13.5 Å². The maximum Gasteiger partial charge on any atom is 0.305 e. The number of esters is 1. The van der Waals surface area contributed by atoms with Crippen LogP contribution < -0.4 is 0 Å². The second kappa shape index (κ2) is 10.2. The Balaban J connectivity index is 2.43. The zero-order chi connectivity index (χ0) is 20.0. The molecular formula is C21H42O4Si. The Hall–Kier alpha value is -0.393. The molecule has 0 aromatic rings. The zero-order valence-electron chi connectivity index (χ0n) is 18.1. The van der Waals surface area contributed by atoms with Gasteiger partial charge in [-0.3, -0.25) is 4.79 Å². The molecule has 4 atom stereocenters. The van der Waals surface area contributed by atoms with Gasteiger partial charge in [-0.1, -0.05) is 47.0 Å². The first-order valence-electron chi connectivity index (χ1n) is 10.4. The van der Waals surface area contributed by atoms with Crippen LogP contribution in [0, 0.1) is 17.8 Å². The monoisotopic (exact) mass is 386 g/mol. The van der Waals surface area contributed by atoms with Gasteiger partial charge < -0.3 is 14.3 Å². The summed E-state index contributed by atoms with van der Waals surface area (Å²) in [5, 5.41) is 10.7. The predicted molar refractivity (Wildman–Crippen MR) is 110 cm³/mol. The number of rotatable bonds is 10. The number of hydrogen-bond acceptors (Lipinski definition) is 4. The van der Waals surface area contributed by atoms with E-state index in [0.29, 0.717) is 24.9 Å². The number of unbranched alkanes of at least 4 members (excludes halogenated alkanes) is 3. The molecule has 0 radical (unpaired) electrons. The van der Waals surface area contributed by atoms with Crippen LogP contribution in [0.4, 0.5) is 0 Å². The van der Waals surface area contributed by atoms with Crippen molar-refractivity contribution in [1.29, 1.82) is 0 Å². The summed E-state index contributed by atoms with van der Waals surface area (Å²) in [6, 6.07) is 0. The summed E-state index contributed by atoms with van der Waals surface area (Å²) in [4.78, 5) is 11.1. The molecule has 1 aliphatic rings. The van der Waals surface area contributed by atoms with Crippen molar-refractivity contribution in [2.24, 2.45) is 17.8 Å². The van der Waals surface area contributed by atoms with Crippen molar-refractivity contribution in [3.63, 3.8) is 0 Å². The number of carbonyl (C=O) groups excluding carboxylic acids is 1. The van der Waals surface area contributed by atoms with Gasteiger partial charge in [-0.15, -0.1) is 0 Å². The largest absolute Gasteiger partial charge is 0.469 e. The smallest absolute Gasteiger partial charge is 0.305 e. The van der Waals surface area contributed by atoms with E-state index in [-0.39, 0.29) is 23.0 Å². The molecule has 4 nitrogen and oxygen atoms in total. The number of ether oxygens (including phenoxy) is 1. The summed E-state index contributed by atoms with van der Waals surface area (Å²) in [7, 11) is -0.326. The van der Waals surface area contributed by atoms with E-state index in [4.69, 9.17) is 4.43 Å². The molecule has 1 saturated carbocycles. The molecule has 0 bridgehead atoms. The van der Waals surface area contributed by atoms with Gasteiger partial charge in [-0.25, -0.2) is 0 Å². The van der Waals surface area contributed by atoms with E-state index >= 15 is 0 Å². The Morgan fingerprint density at radius 3 is 2.31 bits per heavy atom. The summed E-state index contributed by atoms with van der Waals surface area (Å²) < 4.78 is 11.1. The van der Waals surface area contributed by atoms with Gasteiger partial charge in [0.25, 0.3) is 0 Å². The number of methoxy groups -OCH3 is 1. The Bertz CT molecular complexity index is 430. The Morgan fingerprint density at radius 1 is 1.12 bits per heavy atom. The van der Waals surface area contributed by atoms with Crippen LogP contribution in [0.15, 0.2) is 0 Å². The Labute approximate surface area is 162 Å². The molecule has 26 heavy (non-hydrogen) atoms. The molecule has 5 heteroatoms. The van der Waals surface area contributed by atoms with E-state index in [1.54, 1.807) is 0 Å². The lowest BCUT2D eigenvalue weighted by Crippen LogP contribution is -2.43. The van der Waals surface area contributed by atoms with Crippen LogP contribution in [0.5, 0.6) is 0 Å². The third-order valence-corrected chi connectivity index (χ3v) is 11.2. The van der Waals surface area contributed by atoms with Gasteiger partial charge in [0.2, 0.25) is 0 Å². The van der Waals surface area contributed by atoms with Gasteiger partial charge in [0, 0.05) is 18.9 Å². The normalized spacial score (nSPS) is 26.9. The summed E-state index contributed by atoms with van der Waals surface area (Å²) in [5.41, 5.74) is 0. The first kappa shape index (κ1) is 23.6. The average Bonchev–Trinajstić information content (AvgIpc) is 2.80. The molecule has 154 valence electrons. The molecule has 1 rings (SSSR count). The van der Waals surface area contributed by atoms with Gasteiger partial charge in [0.05, 0.1) is 13.2 Å². The highest BCUT2D eigenvalue weighted by Gasteiger charge is 2.43. The van der Waals surface area contributed by atoms with Crippen LogP contribution in [0.25, 0.3) is 0 Å². The molecule has 0 amide bonds. The zero-order valence-corrected chi connectivity index (χ0v) is 19.1. The first-order valence-corrected chi connectivity index (χ1v) is 13.3. The quantitative estimate of drug-likeness (QED) is 0.320. The lowest BCUT2D eigenvalue weighted by atomic mass is 9.85. The standard InChI is InChI=1S/C21H42O4Si/c1-16-14-19(22)18(15-25-26(6,7)21(2,3)4)17(16)12-10-8-9-11-13-20(23)24-5/h16-19,22H,8-15H2,1-7H3/t16-,17-,18+,19-/m0/s1. The molecule has 1 aliphatic carbocycles. The number of carbonyl (C=O) groups is 1. The van der Waals surface area contributed by atoms with Gasteiger partial charge >= 0.3 is 5.97 Å². The second-order valence-electron chi connectivity index (χ2n) is 9.71. The van der Waals surface area contributed by atoms with Crippen molar-refractivity contribution < 1.29 is 19.1 Å². The highest BCUT2D eigenvalue weighted by Crippen LogP contribution is 2.43. The summed E-state index contributed by atoms with van der Waals surface area (Å²) in [6.45, 7) is 14.3. The van der Waals surface area contributed by atoms with Crippen LogP contribution in [-0.4, -0.2) is 39.2 Å². The van der Waals surface area contributed by atoms with Gasteiger partial charge in [0.15, 0.2) is 8.32 Å². The minimum absolute atomic E-state index is 0.111. The van der Waals surface area contributed by atoms with E-state index in [2.05, 4.69) is 45.5 Å². The molecule has 1 fully saturated rings. The fourth-order valence-corrected chi connectivity index (χ4v) is 4.84. The van der Waals surface area contributed by atoms with Gasteiger partial charge in [-0.2, -0.15) is 0 Å². The minimum atomic E-state index is -1.77. The van der Waals surface area contributed by atoms with E-state index < -0.39 is 8.32 Å². The summed E-state index contributed by atoms with van der Waals surface area (Å²) in [6.07, 6.45) is 6.65. The second-order valence-corrected chi connectivity index (χ2v) is 14.5. The van der Waals surface area contributed by atoms with Crippen molar-refractivity contribution in [2.45, 2.75) is 96.9 Å². The fourth-order valence-electron chi connectivity index (χ4n) is 3.80. The lowest BCUT2D eigenvalue weighted by molar-refractivity contribution is -0.140. The number of aliphatic hydroxyl groups excluding tert-OH is 1. The average molecular weight is 387 g/mol. The van der Waals surface area contributed by atoms with Crippen molar-refractivity contribution >= 4 is 14.3 Å². The molecule has 0 aromatic carbocycles. The molecule has 1 N–H and O–H groups in total. The van der Waals surface area contributed by atoms with Crippen LogP contribution >= 0.6 is 0 Å². The Morgan fingerprint density at radius 2 is 1.73 bits per heavy atom.